The zero-order valence-corrected chi connectivity index (χ0v) is 14.9. The minimum Gasteiger partial charge on any atom is -0.366 e. The topological polar surface area (TPSA) is 57.6 Å². The molecule has 0 fully saturated rings. The molecular weight excluding hydrogens is 312 g/mol. The Labute approximate surface area is 148 Å². The summed E-state index contributed by atoms with van der Waals surface area (Å²) >= 11 is 0. The number of aromatic nitrogens is 1. The van der Waals surface area contributed by atoms with Crippen LogP contribution in [0.25, 0.3) is 5.57 Å². The molecule has 5 nitrogen and oxygen atoms in total. The number of hydrogen-bond acceptors (Lipinski definition) is 4. The number of nitrogens with one attached hydrogen (secondary N) is 1. The Kier molecular flexibility index (Phi) is 4.40. The van der Waals surface area contributed by atoms with Gasteiger partial charge in [0.2, 0.25) is 0 Å². The Hall–Kier alpha value is -2.95. The summed E-state index contributed by atoms with van der Waals surface area (Å²) in [4.78, 5) is 18.1. The Morgan fingerprint density at radius 2 is 2.12 bits per heavy atom. The summed E-state index contributed by atoms with van der Waals surface area (Å²) in [6, 6.07) is 9.60. The zero-order chi connectivity index (χ0) is 18.0. The van der Waals surface area contributed by atoms with Crippen LogP contribution in [-0.4, -0.2) is 29.7 Å². The number of benzene rings is 1. The van der Waals surface area contributed by atoms with Crippen LogP contribution in [0.2, 0.25) is 0 Å². The number of carbonyl (C=O) groups is 1. The molecule has 0 bridgehead atoms. The van der Waals surface area contributed by atoms with Gasteiger partial charge in [0.05, 0.1) is 17.3 Å². The average molecular weight is 334 g/mol. The first-order chi connectivity index (χ1) is 11.9. The van der Waals surface area contributed by atoms with Gasteiger partial charge in [-0.2, -0.15) is 5.10 Å². The van der Waals surface area contributed by atoms with Gasteiger partial charge in [-0.1, -0.05) is 12.1 Å². The molecule has 128 valence electrons. The average Bonchev–Trinajstić information content (AvgIpc) is 2.60. The highest BCUT2D eigenvalue weighted by Gasteiger charge is 2.28. The van der Waals surface area contributed by atoms with Crippen molar-refractivity contribution in [2.45, 2.75) is 26.3 Å². The molecule has 1 N–H and O–H groups in total. The van der Waals surface area contributed by atoms with E-state index < -0.39 is 0 Å². The molecule has 1 aromatic carbocycles. The minimum atomic E-state index is -0.278. The maximum atomic E-state index is 12.0. The summed E-state index contributed by atoms with van der Waals surface area (Å²) in [5.74, 6) is -0.278. The van der Waals surface area contributed by atoms with Crippen LogP contribution in [0, 0.1) is 0 Å². The van der Waals surface area contributed by atoms with E-state index in [-0.39, 0.29) is 11.4 Å². The molecular formula is C20H22N4O. The van der Waals surface area contributed by atoms with Gasteiger partial charge in [0.25, 0.3) is 5.91 Å². The lowest BCUT2D eigenvalue weighted by molar-refractivity contribution is 0.0955. The molecule has 0 spiro atoms. The number of anilines is 1. The van der Waals surface area contributed by atoms with Crippen molar-refractivity contribution in [1.29, 1.82) is 0 Å². The molecule has 2 heterocycles. The molecule has 0 atom stereocenters. The van der Waals surface area contributed by atoms with Crippen LogP contribution in [0.15, 0.2) is 53.9 Å². The minimum absolute atomic E-state index is 0.00954. The standard InChI is InChI=1S/C20H22N4O/c1-14-11-20(2,3)24(4)18-8-7-15(10-17(14)18)12-22-23-19(25)16-6-5-9-21-13-16/h5-13H,1-4H3,(H,23,25)/b22-12+. The second-order valence-corrected chi connectivity index (χ2v) is 6.76. The van der Waals surface area contributed by atoms with E-state index >= 15 is 0 Å². The van der Waals surface area contributed by atoms with E-state index in [1.807, 2.05) is 6.07 Å². The lowest BCUT2D eigenvalue weighted by atomic mass is 9.89. The number of pyridine rings is 1. The van der Waals surface area contributed by atoms with Crippen LogP contribution in [-0.2, 0) is 0 Å². The first kappa shape index (κ1) is 16.9. The van der Waals surface area contributed by atoms with Gasteiger partial charge in [-0.05, 0) is 56.2 Å². The van der Waals surface area contributed by atoms with Crippen LogP contribution in [0.3, 0.4) is 0 Å². The molecule has 1 amide bonds. The fraction of sp³-hybridized carbons (Fsp3) is 0.250. The Morgan fingerprint density at radius 1 is 1.32 bits per heavy atom. The molecule has 3 rings (SSSR count). The van der Waals surface area contributed by atoms with E-state index in [1.165, 1.54) is 23.0 Å². The zero-order valence-electron chi connectivity index (χ0n) is 14.9. The number of allylic oxidation sites excluding steroid dienone is 1. The SMILES string of the molecule is CC1=CC(C)(C)N(C)c2ccc(/C=N/NC(=O)c3cccnc3)cc21. The molecule has 0 radical (unpaired) electrons. The first-order valence-electron chi connectivity index (χ1n) is 8.19. The number of likely N-dealkylation sites (N-methyl/N-ethyl adjacent to an activating group) is 1. The van der Waals surface area contributed by atoms with Crippen molar-refractivity contribution in [2.75, 3.05) is 11.9 Å². The largest absolute Gasteiger partial charge is 0.366 e. The molecule has 2 aromatic rings. The van der Waals surface area contributed by atoms with Crippen molar-refractivity contribution in [2.24, 2.45) is 5.10 Å². The normalized spacial score (nSPS) is 15.7. The maximum absolute atomic E-state index is 12.0. The number of fused-ring (bicyclic) bond motifs is 1. The predicted octanol–water partition coefficient (Wildman–Crippen LogP) is 3.48. The van der Waals surface area contributed by atoms with Crippen molar-refractivity contribution in [3.05, 3.63) is 65.5 Å². The summed E-state index contributed by atoms with van der Waals surface area (Å²) in [5.41, 5.74) is 7.56. The molecule has 0 aliphatic carbocycles. The van der Waals surface area contributed by atoms with Crippen LogP contribution in [0.4, 0.5) is 5.69 Å². The van der Waals surface area contributed by atoms with Crippen molar-refractivity contribution in [1.82, 2.24) is 10.4 Å². The van der Waals surface area contributed by atoms with Gasteiger partial charge in [0, 0.05) is 30.7 Å². The maximum Gasteiger partial charge on any atom is 0.272 e. The van der Waals surface area contributed by atoms with Crippen LogP contribution < -0.4 is 10.3 Å². The Bertz CT molecular complexity index is 853. The number of carbonyl (C=O) groups excluding carboxylic acids is 1. The van der Waals surface area contributed by atoms with Gasteiger partial charge >= 0.3 is 0 Å². The monoisotopic (exact) mass is 334 g/mol. The summed E-state index contributed by atoms with van der Waals surface area (Å²) in [6.45, 7) is 6.52. The van der Waals surface area contributed by atoms with E-state index in [9.17, 15) is 4.79 Å². The third-order valence-corrected chi connectivity index (χ3v) is 4.54. The van der Waals surface area contributed by atoms with E-state index in [0.29, 0.717) is 5.56 Å². The fourth-order valence-electron chi connectivity index (χ4n) is 2.98. The van der Waals surface area contributed by atoms with Crippen molar-refractivity contribution >= 4 is 23.4 Å². The van der Waals surface area contributed by atoms with Gasteiger partial charge in [0.15, 0.2) is 0 Å². The van der Waals surface area contributed by atoms with Gasteiger partial charge < -0.3 is 4.90 Å². The number of hydrogen-bond donors (Lipinski definition) is 1. The van der Waals surface area contributed by atoms with Gasteiger partial charge in [-0.3, -0.25) is 9.78 Å². The smallest absolute Gasteiger partial charge is 0.272 e. The lowest BCUT2D eigenvalue weighted by Gasteiger charge is -2.40. The highest BCUT2D eigenvalue weighted by molar-refractivity contribution is 5.94. The molecule has 25 heavy (non-hydrogen) atoms. The molecule has 0 saturated carbocycles. The second kappa shape index (κ2) is 6.51. The molecule has 5 heteroatoms. The Morgan fingerprint density at radius 3 is 2.84 bits per heavy atom. The van der Waals surface area contributed by atoms with Crippen molar-refractivity contribution < 1.29 is 4.79 Å². The Balaban J connectivity index is 1.77. The van der Waals surface area contributed by atoms with Gasteiger partial charge in [-0.15, -0.1) is 0 Å². The predicted molar refractivity (Wildman–Crippen MR) is 102 cm³/mol. The van der Waals surface area contributed by atoms with Gasteiger partial charge in [0.1, 0.15) is 0 Å². The highest BCUT2D eigenvalue weighted by Crippen LogP contribution is 2.37. The summed E-state index contributed by atoms with van der Waals surface area (Å²) in [6.07, 6.45) is 7.05. The number of nitrogens with zero attached hydrogens (tertiary/aromatic N) is 3. The first-order valence-corrected chi connectivity index (χ1v) is 8.19. The molecule has 0 saturated heterocycles. The number of rotatable bonds is 3. The fourth-order valence-corrected chi connectivity index (χ4v) is 2.98. The third-order valence-electron chi connectivity index (χ3n) is 4.54. The molecule has 1 aromatic heterocycles. The number of hydrazone groups is 1. The van der Waals surface area contributed by atoms with Crippen LogP contribution in [0.5, 0.6) is 0 Å². The van der Waals surface area contributed by atoms with Crippen LogP contribution in [0.1, 0.15) is 42.3 Å². The lowest BCUT2D eigenvalue weighted by Crippen LogP contribution is -2.42. The van der Waals surface area contributed by atoms with E-state index in [1.54, 1.807) is 24.5 Å². The van der Waals surface area contributed by atoms with E-state index in [2.05, 4.69) is 66.4 Å². The van der Waals surface area contributed by atoms with Crippen molar-refractivity contribution in [3.8, 4) is 0 Å². The van der Waals surface area contributed by atoms with Gasteiger partial charge in [-0.25, -0.2) is 5.43 Å². The van der Waals surface area contributed by atoms with Crippen molar-refractivity contribution in [3.63, 3.8) is 0 Å². The molecule has 0 unspecified atom stereocenters. The van der Waals surface area contributed by atoms with E-state index in [4.69, 9.17) is 0 Å². The van der Waals surface area contributed by atoms with E-state index in [0.717, 1.165) is 5.56 Å². The number of amides is 1. The van der Waals surface area contributed by atoms with Crippen LogP contribution >= 0.6 is 0 Å². The molecule has 1 aliphatic heterocycles. The highest BCUT2D eigenvalue weighted by atomic mass is 16.2. The second-order valence-electron chi connectivity index (χ2n) is 6.76. The third kappa shape index (κ3) is 3.45. The summed E-state index contributed by atoms with van der Waals surface area (Å²) in [5, 5.41) is 4.05. The quantitative estimate of drug-likeness (QED) is 0.690. The summed E-state index contributed by atoms with van der Waals surface area (Å²) in [7, 11) is 2.10. The summed E-state index contributed by atoms with van der Waals surface area (Å²) < 4.78 is 0. The molecule has 1 aliphatic rings.